The minimum Gasteiger partial charge on any atom is -0.352 e. The van der Waals surface area contributed by atoms with Gasteiger partial charge in [-0.2, -0.15) is 0 Å². The third-order valence-electron chi connectivity index (χ3n) is 2.62. The normalized spacial score (nSPS) is 19.3. The lowest BCUT2D eigenvalue weighted by Crippen LogP contribution is -2.35. The maximum Gasteiger partial charge on any atom is 0.324 e. The summed E-state index contributed by atoms with van der Waals surface area (Å²) >= 11 is 1.13. The fraction of sp³-hybridized carbons (Fsp3) is 0.500. The highest BCUT2D eigenvalue weighted by molar-refractivity contribution is 7.13. The Balaban J connectivity index is 1.74. The molecule has 1 aliphatic rings. The van der Waals surface area contributed by atoms with E-state index in [1.54, 1.807) is 11.4 Å². The van der Waals surface area contributed by atoms with Gasteiger partial charge in [0.05, 0.1) is 4.92 Å². The van der Waals surface area contributed by atoms with E-state index in [0.717, 1.165) is 23.3 Å². The van der Waals surface area contributed by atoms with E-state index in [4.69, 9.17) is 0 Å². The van der Waals surface area contributed by atoms with E-state index in [2.05, 4.69) is 10.6 Å². The van der Waals surface area contributed by atoms with E-state index < -0.39 is 0 Å². The third kappa shape index (κ3) is 3.24. The first-order valence-electron chi connectivity index (χ1n) is 5.37. The molecule has 1 aliphatic heterocycles. The van der Waals surface area contributed by atoms with Crippen molar-refractivity contribution in [3.63, 3.8) is 0 Å². The standard InChI is InChI=1S/C10H13N3O3S/c14-9-2-1-8(12-9)5-11-4-7-3-10(13(15)16)17-6-7/h3,6,8,11H,1-2,4-5H2,(H,12,14). The van der Waals surface area contributed by atoms with Gasteiger partial charge >= 0.3 is 5.00 Å². The van der Waals surface area contributed by atoms with Gasteiger partial charge in [-0.15, -0.1) is 0 Å². The van der Waals surface area contributed by atoms with Crippen molar-refractivity contribution >= 4 is 22.2 Å². The maximum absolute atomic E-state index is 11.0. The first-order chi connectivity index (χ1) is 8.15. The first-order valence-corrected chi connectivity index (χ1v) is 6.25. The van der Waals surface area contributed by atoms with Crippen LogP contribution < -0.4 is 10.6 Å². The molecule has 2 heterocycles. The third-order valence-corrected chi connectivity index (χ3v) is 3.55. The van der Waals surface area contributed by atoms with Crippen molar-refractivity contribution in [3.8, 4) is 0 Å². The molecule has 6 nitrogen and oxygen atoms in total. The number of carbonyl (C=O) groups excluding carboxylic acids is 1. The summed E-state index contributed by atoms with van der Waals surface area (Å²) in [7, 11) is 0. The largest absolute Gasteiger partial charge is 0.352 e. The molecular formula is C10H13N3O3S. The molecule has 1 amide bonds. The summed E-state index contributed by atoms with van der Waals surface area (Å²) in [6.07, 6.45) is 1.45. The molecule has 1 aromatic rings. The number of hydrogen-bond acceptors (Lipinski definition) is 5. The van der Waals surface area contributed by atoms with E-state index in [9.17, 15) is 14.9 Å². The molecule has 1 atom stereocenters. The Morgan fingerprint density at radius 1 is 1.65 bits per heavy atom. The average molecular weight is 255 g/mol. The van der Waals surface area contributed by atoms with Crippen molar-refractivity contribution < 1.29 is 9.72 Å². The molecule has 1 fully saturated rings. The van der Waals surface area contributed by atoms with Gasteiger partial charge in [0, 0.05) is 37.0 Å². The predicted octanol–water partition coefficient (Wildman–Crippen LogP) is 1.02. The zero-order chi connectivity index (χ0) is 12.3. The van der Waals surface area contributed by atoms with Crippen LogP contribution in [-0.4, -0.2) is 23.4 Å². The molecular weight excluding hydrogens is 242 g/mol. The molecule has 17 heavy (non-hydrogen) atoms. The Bertz CT molecular complexity index is 432. The highest BCUT2D eigenvalue weighted by atomic mass is 32.1. The fourth-order valence-corrected chi connectivity index (χ4v) is 2.50. The van der Waals surface area contributed by atoms with Gasteiger partial charge in [0.2, 0.25) is 5.91 Å². The fourth-order valence-electron chi connectivity index (χ4n) is 1.77. The topological polar surface area (TPSA) is 84.3 Å². The molecule has 0 saturated carbocycles. The van der Waals surface area contributed by atoms with Gasteiger partial charge in [-0.25, -0.2) is 0 Å². The number of rotatable bonds is 5. The minimum atomic E-state index is -0.384. The molecule has 0 bridgehead atoms. The molecule has 0 radical (unpaired) electrons. The number of nitrogens with one attached hydrogen (secondary N) is 2. The van der Waals surface area contributed by atoms with Crippen molar-refractivity contribution in [1.29, 1.82) is 0 Å². The molecule has 0 aromatic carbocycles. The van der Waals surface area contributed by atoms with Crippen molar-refractivity contribution in [1.82, 2.24) is 10.6 Å². The quantitative estimate of drug-likeness (QED) is 0.608. The van der Waals surface area contributed by atoms with E-state index in [1.165, 1.54) is 0 Å². The van der Waals surface area contributed by atoms with E-state index in [-0.39, 0.29) is 21.9 Å². The summed E-state index contributed by atoms with van der Waals surface area (Å²) in [4.78, 5) is 21.1. The molecule has 7 heteroatoms. The van der Waals surface area contributed by atoms with E-state index in [1.807, 2.05) is 0 Å². The van der Waals surface area contributed by atoms with Crippen LogP contribution >= 0.6 is 11.3 Å². The summed E-state index contributed by atoms with van der Waals surface area (Å²) in [6.45, 7) is 1.30. The maximum atomic E-state index is 11.0. The number of thiophene rings is 1. The summed E-state index contributed by atoms with van der Waals surface area (Å²) in [5.74, 6) is 0.1000. The molecule has 92 valence electrons. The van der Waals surface area contributed by atoms with Crippen LogP contribution in [0.1, 0.15) is 18.4 Å². The molecule has 2 rings (SSSR count). The first kappa shape index (κ1) is 12.0. The van der Waals surface area contributed by atoms with Gasteiger partial charge in [0.15, 0.2) is 0 Å². The lowest BCUT2D eigenvalue weighted by atomic mass is 10.2. The minimum absolute atomic E-state index is 0.1000. The van der Waals surface area contributed by atoms with Crippen LogP contribution in [0.25, 0.3) is 0 Å². The van der Waals surface area contributed by atoms with Gasteiger partial charge in [0.1, 0.15) is 0 Å². The number of hydrogen-bond donors (Lipinski definition) is 2. The van der Waals surface area contributed by atoms with Crippen molar-refractivity contribution in [2.75, 3.05) is 6.54 Å². The summed E-state index contributed by atoms with van der Waals surface area (Å²) in [5, 5.41) is 18.5. The van der Waals surface area contributed by atoms with Crippen molar-refractivity contribution in [2.24, 2.45) is 0 Å². The predicted molar refractivity (Wildman–Crippen MR) is 63.8 cm³/mol. The Labute approximate surface area is 102 Å². The van der Waals surface area contributed by atoms with E-state index in [0.29, 0.717) is 19.5 Å². The lowest BCUT2D eigenvalue weighted by Gasteiger charge is -2.10. The molecule has 1 saturated heterocycles. The number of nitro groups is 1. The monoisotopic (exact) mass is 255 g/mol. The second kappa shape index (κ2) is 5.24. The number of nitrogens with zero attached hydrogens (tertiary/aromatic N) is 1. The Hall–Kier alpha value is -1.47. The zero-order valence-corrected chi connectivity index (χ0v) is 9.96. The molecule has 0 aliphatic carbocycles. The average Bonchev–Trinajstić information content (AvgIpc) is 2.88. The number of carbonyl (C=O) groups is 1. The van der Waals surface area contributed by atoms with Gasteiger partial charge in [0.25, 0.3) is 0 Å². The van der Waals surface area contributed by atoms with E-state index >= 15 is 0 Å². The second-order valence-electron chi connectivity index (χ2n) is 3.98. The van der Waals surface area contributed by atoms with Crippen LogP contribution in [0, 0.1) is 10.1 Å². The summed E-state index contributed by atoms with van der Waals surface area (Å²) in [6, 6.07) is 1.77. The van der Waals surface area contributed by atoms with Crippen LogP contribution in [0.15, 0.2) is 11.4 Å². The van der Waals surface area contributed by atoms with Gasteiger partial charge in [-0.05, 0) is 12.0 Å². The molecule has 0 spiro atoms. The zero-order valence-electron chi connectivity index (χ0n) is 9.14. The molecule has 1 unspecified atom stereocenters. The van der Waals surface area contributed by atoms with Crippen LogP contribution in [0.2, 0.25) is 0 Å². The SMILES string of the molecule is O=C1CCC(CNCc2csc([N+](=O)[O-])c2)N1. The highest BCUT2D eigenvalue weighted by Gasteiger charge is 2.19. The molecule has 1 aromatic heterocycles. The van der Waals surface area contributed by atoms with Crippen LogP contribution in [0.3, 0.4) is 0 Å². The van der Waals surface area contributed by atoms with Gasteiger partial charge in [-0.1, -0.05) is 11.3 Å². The summed E-state index contributed by atoms with van der Waals surface area (Å²) < 4.78 is 0. The smallest absolute Gasteiger partial charge is 0.324 e. The van der Waals surface area contributed by atoms with Crippen LogP contribution in [0.4, 0.5) is 5.00 Å². The number of amides is 1. The van der Waals surface area contributed by atoms with Gasteiger partial charge in [-0.3, -0.25) is 14.9 Å². The Kier molecular flexibility index (Phi) is 3.70. The Morgan fingerprint density at radius 2 is 2.47 bits per heavy atom. The second-order valence-corrected chi connectivity index (χ2v) is 4.87. The van der Waals surface area contributed by atoms with Crippen molar-refractivity contribution in [3.05, 3.63) is 27.1 Å². The van der Waals surface area contributed by atoms with Crippen molar-refractivity contribution in [2.45, 2.75) is 25.4 Å². The van der Waals surface area contributed by atoms with Crippen LogP contribution in [0.5, 0.6) is 0 Å². The highest BCUT2D eigenvalue weighted by Crippen LogP contribution is 2.22. The Morgan fingerprint density at radius 3 is 3.06 bits per heavy atom. The lowest BCUT2D eigenvalue weighted by molar-refractivity contribution is -0.380. The van der Waals surface area contributed by atoms with Crippen LogP contribution in [-0.2, 0) is 11.3 Å². The van der Waals surface area contributed by atoms with Gasteiger partial charge < -0.3 is 10.6 Å². The summed E-state index contributed by atoms with van der Waals surface area (Å²) in [5.41, 5.74) is 0.908. The molecule has 2 N–H and O–H groups in total.